The molecule has 0 aromatic carbocycles. The lowest BCUT2D eigenvalue weighted by atomic mass is 10.3. The minimum atomic E-state index is -0.440. The van der Waals surface area contributed by atoms with Gasteiger partial charge in [0.25, 0.3) is 5.91 Å². The third-order valence-electron chi connectivity index (χ3n) is 2.55. The van der Waals surface area contributed by atoms with E-state index in [1.54, 1.807) is 11.3 Å². The summed E-state index contributed by atoms with van der Waals surface area (Å²) in [5, 5.41) is 7.37. The summed E-state index contributed by atoms with van der Waals surface area (Å²) in [6.07, 6.45) is 0.937. The first-order valence-corrected chi connectivity index (χ1v) is 8.35. The SMILES string of the molecule is CCCNC(=O)COC(=O)Cc1csc(-c2cccs2)n1. The second-order valence-electron chi connectivity index (χ2n) is 4.31. The van der Waals surface area contributed by atoms with Crippen molar-refractivity contribution in [3.05, 3.63) is 28.6 Å². The Morgan fingerprint density at radius 2 is 2.24 bits per heavy atom. The molecule has 2 aromatic heterocycles. The van der Waals surface area contributed by atoms with Gasteiger partial charge >= 0.3 is 5.97 Å². The summed E-state index contributed by atoms with van der Waals surface area (Å²) in [7, 11) is 0. The number of carbonyl (C=O) groups excluding carboxylic acids is 2. The fraction of sp³-hybridized carbons (Fsp3) is 0.357. The molecule has 0 saturated heterocycles. The second kappa shape index (κ2) is 7.90. The maximum atomic E-state index is 11.7. The number of amides is 1. The zero-order valence-electron chi connectivity index (χ0n) is 11.6. The van der Waals surface area contributed by atoms with Crippen molar-refractivity contribution in [2.75, 3.05) is 13.2 Å². The number of carbonyl (C=O) groups is 2. The van der Waals surface area contributed by atoms with Crippen LogP contribution < -0.4 is 5.32 Å². The molecule has 0 bridgehead atoms. The maximum absolute atomic E-state index is 11.7. The van der Waals surface area contributed by atoms with Crippen molar-refractivity contribution in [2.24, 2.45) is 0 Å². The van der Waals surface area contributed by atoms with Gasteiger partial charge in [-0.05, 0) is 17.9 Å². The van der Waals surface area contributed by atoms with Gasteiger partial charge in [0.1, 0.15) is 5.01 Å². The molecule has 21 heavy (non-hydrogen) atoms. The lowest BCUT2D eigenvalue weighted by molar-refractivity contribution is -0.147. The Hall–Kier alpha value is -1.73. The minimum absolute atomic E-state index is 0.0862. The second-order valence-corrected chi connectivity index (χ2v) is 6.11. The van der Waals surface area contributed by atoms with E-state index in [4.69, 9.17) is 4.74 Å². The highest BCUT2D eigenvalue weighted by atomic mass is 32.1. The Morgan fingerprint density at radius 1 is 1.38 bits per heavy atom. The highest BCUT2D eigenvalue weighted by Gasteiger charge is 2.12. The molecule has 0 aliphatic heterocycles. The zero-order chi connectivity index (χ0) is 15.1. The predicted molar refractivity (Wildman–Crippen MR) is 83.4 cm³/mol. The van der Waals surface area contributed by atoms with Crippen LogP contribution >= 0.6 is 22.7 Å². The fourth-order valence-electron chi connectivity index (χ4n) is 1.56. The number of nitrogens with one attached hydrogen (secondary N) is 1. The van der Waals surface area contributed by atoms with Gasteiger partial charge in [-0.1, -0.05) is 13.0 Å². The minimum Gasteiger partial charge on any atom is -0.455 e. The normalized spacial score (nSPS) is 10.3. The van der Waals surface area contributed by atoms with Gasteiger partial charge in [0.15, 0.2) is 6.61 Å². The van der Waals surface area contributed by atoms with Crippen LogP contribution in [-0.2, 0) is 20.7 Å². The van der Waals surface area contributed by atoms with E-state index in [0.717, 1.165) is 16.3 Å². The van der Waals surface area contributed by atoms with Crippen molar-refractivity contribution >= 4 is 34.6 Å². The molecule has 2 rings (SSSR count). The van der Waals surface area contributed by atoms with Crippen molar-refractivity contribution in [3.8, 4) is 9.88 Å². The smallest absolute Gasteiger partial charge is 0.312 e. The number of rotatable bonds is 7. The largest absolute Gasteiger partial charge is 0.455 e. The van der Waals surface area contributed by atoms with Crippen LogP contribution in [0.5, 0.6) is 0 Å². The molecule has 2 heterocycles. The van der Waals surface area contributed by atoms with Gasteiger partial charge in [-0.25, -0.2) is 4.98 Å². The molecule has 0 radical (unpaired) electrons. The predicted octanol–water partition coefficient (Wildman–Crippen LogP) is 2.48. The summed E-state index contributed by atoms with van der Waals surface area (Å²) in [6, 6.07) is 3.95. The van der Waals surface area contributed by atoms with Crippen LogP contribution in [0.4, 0.5) is 0 Å². The van der Waals surface area contributed by atoms with Crippen LogP contribution in [0, 0.1) is 0 Å². The summed E-state index contributed by atoms with van der Waals surface area (Å²) < 4.78 is 4.92. The summed E-state index contributed by atoms with van der Waals surface area (Å²) in [4.78, 5) is 28.4. The van der Waals surface area contributed by atoms with E-state index in [9.17, 15) is 9.59 Å². The zero-order valence-corrected chi connectivity index (χ0v) is 13.3. The van der Waals surface area contributed by atoms with E-state index in [1.165, 1.54) is 11.3 Å². The molecule has 0 aliphatic carbocycles. The summed E-state index contributed by atoms with van der Waals surface area (Å²) >= 11 is 3.11. The molecule has 2 aromatic rings. The average molecular weight is 324 g/mol. The topological polar surface area (TPSA) is 68.3 Å². The molecule has 0 fully saturated rings. The lowest BCUT2D eigenvalue weighted by Crippen LogP contribution is -2.29. The Labute approximate surface area is 131 Å². The molecule has 5 nitrogen and oxygen atoms in total. The van der Waals surface area contributed by atoms with Crippen molar-refractivity contribution in [2.45, 2.75) is 19.8 Å². The van der Waals surface area contributed by atoms with Crippen LogP contribution in [0.3, 0.4) is 0 Å². The molecule has 0 atom stereocenters. The summed E-state index contributed by atoms with van der Waals surface area (Å²) in [5.41, 5.74) is 0.669. The third kappa shape index (κ3) is 4.95. The number of esters is 1. The molecule has 0 unspecified atom stereocenters. The van der Waals surface area contributed by atoms with Crippen LogP contribution in [0.15, 0.2) is 22.9 Å². The van der Waals surface area contributed by atoms with E-state index in [0.29, 0.717) is 12.2 Å². The molecule has 0 spiro atoms. The number of nitrogens with zero attached hydrogens (tertiary/aromatic N) is 1. The Kier molecular flexibility index (Phi) is 5.89. The van der Waals surface area contributed by atoms with Gasteiger partial charge in [-0.3, -0.25) is 9.59 Å². The first kappa shape index (κ1) is 15.7. The standard InChI is InChI=1S/C14H16N2O3S2/c1-2-5-15-12(17)8-19-13(18)7-10-9-21-14(16-10)11-4-3-6-20-11/h3-4,6,9H,2,5,7-8H2,1H3,(H,15,17). The Morgan fingerprint density at radius 3 is 2.95 bits per heavy atom. The maximum Gasteiger partial charge on any atom is 0.312 e. The van der Waals surface area contributed by atoms with Crippen LogP contribution in [0.1, 0.15) is 19.0 Å². The van der Waals surface area contributed by atoms with Crippen LogP contribution in [0.2, 0.25) is 0 Å². The molecule has 7 heteroatoms. The highest BCUT2D eigenvalue weighted by Crippen LogP contribution is 2.27. The van der Waals surface area contributed by atoms with E-state index < -0.39 is 5.97 Å². The molecule has 1 N–H and O–H groups in total. The van der Waals surface area contributed by atoms with Gasteiger partial charge < -0.3 is 10.1 Å². The van der Waals surface area contributed by atoms with Crippen molar-refractivity contribution in [1.29, 1.82) is 0 Å². The number of hydrogen-bond donors (Lipinski definition) is 1. The Balaban J connectivity index is 1.79. The van der Waals surface area contributed by atoms with Crippen LogP contribution in [-0.4, -0.2) is 30.0 Å². The molecular weight excluding hydrogens is 308 g/mol. The molecule has 0 aliphatic rings. The Bertz CT molecular complexity index is 593. The number of ether oxygens (including phenoxy) is 1. The van der Waals surface area contributed by atoms with Gasteiger partial charge in [-0.2, -0.15) is 0 Å². The lowest BCUT2D eigenvalue weighted by Gasteiger charge is -2.04. The highest BCUT2D eigenvalue weighted by molar-refractivity contribution is 7.20. The first-order valence-electron chi connectivity index (χ1n) is 6.59. The third-order valence-corrected chi connectivity index (χ3v) is 4.48. The van der Waals surface area contributed by atoms with E-state index in [1.807, 2.05) is 29.8 Å². The quantitative estimate of drug-likeness (QED) is 0.795. The molecule has 0 saturated carbocycles. The van der Waals surface area contributed by atoms with Gasteiger partial charge in [0.2, 0.25) is 0 Å². The van der Waals surface area contributed by atoms with E-state index >= 15 is 0 Å². The average Bonchev–Trinajstić information content (AvgIpc) is 3.13. The monoisotopic (exact) mass is 324 g/mol. The van der Waals surface area contributed by atoms with Crippen molar-refractivity contribution < 1.29 is 14.3 Å². The number of hydrogen-bond acceptors (Lipinski definition) is 6. The number of aromatic nitrogens is 1. The van der Waals surface area contributed by atoms with Gasteiger partial charge in [-0.15, -0.1) is 22.7 Å². The number of thiazole rings is 1. The van der Waals surface area contributed by atoms with Crippen molar-refractivity contribution in [1.82, 2.24) is 10.3 Å². The summed E-state index contributed by atoms with van der Waals surface area (Å²) in [5.74, 6) is -0.715. The first-order chi connectivity index (χ1) is 10.2. The van der Waals surface area contributed by atoms with E-state index in [2.05, 4.69) is 10.3 Å². The molecular formula is C14H16N2O3S2. The van der Waals surface area contributed by atoms with Gasteiger partial charge in [0.05, 0.1) is 17.0 Å². The van der Waals surface area contributed by atoms with E-state index in [-0.39, 0.29) is 18.9 Å². The number of thiophene rings is 1. The fourth-order valence-corrected chi connectivity index (χ4v) is 3.20. The van der Waals surface area contributed by atoms with Crippen molar-refractivity contribution in [3.63, 3.8) is 0 Å². The molecule has 112 valence electrons. The van der Waals surface area contributed by atoms with Crippen LogP contribution in [0.25, 0.3) is 9.88 Å². The summed E-state index contributed by atoms with van der Waals surface area (Å²) in [6.45, 7) is 2.31. The van der Waals surface area contributed by atoms with Gasteiger partial charge in [0, 0.05) is 11.9 Å². The molecule has 1 amide bonds.